The van der Waals surface area contributed by atoms with Crippen molar-refractivity contribution in [3.05, 3.63) is 52.1 Å². The summed E-state index contributed by atoms with van der Waals surface area (Å²) in [5.41, 5.74) is 0.487. The first-order valence-electron chi connectivity index (χ1n) is 7.49. The normalized spacial score (nSPS) is 15.8. The molecule has 0 saturated carbocycles. The summed E-state index contributed by atoms with van der Waals surface area (Å²) in [6.45, 7) is 1.62. The third kappa shape index (κ3) is 3.58. The van der Waals surface area contributed by atoms with Gasteiger partial charge in [0.1, 0.15) is 16.8 Å². The molecule has 1 aromatic heterocycles. The molecule has 6 nitrogen and oxygen atoms in total. The molecule has 0 spiro atoms. The average Bonchev–Trinajstić information content (AvgIpc) is 2.64. The van der Waals surface area contributed by atoms with Crippen LogP contribution in [0.25, 0.3) is 0 Å². The monoisotopic (exact) mass is 396 g/mol. The fraction of sp³-hybridized carbons (Fsp3) is 0.250. The third-order valence-corrected chi connectivity index (χ3v) is 6.85. The molecule has 2 heterocycles. The van der Waals surface area contributed by atoms with Crippen molar-refractivity contribution < 1.29 is 8.42 Å². The number of piperazine rings is 1. The number of rotatable bonds is 3. The minimum atomic E-state index is -3.70. The lowest BCUT2D eigenvalue weighted by Crippen LogP contribution is -2.49. The first-order valence-corrected chi connectivity index (χ1v) is 9.68. The molecule has 1 fully saturated rings. The molecule has 1 saturated heterocycles. The SMILES string of the molecule is N#Cc1ccc(N2CCN(S(=O)(=O)c3cccc(Cl)c3Cl)CC2)nc1. The summed E-state index contributed by atoms with van der Waals surface area (Å²) in [7, 11) is -3.70. The molecule has 0 N–H and O–H groups in total. The van der Waals surface area contributed by atoms with Crippen molar-refractivity contribution >= 4 is 39.0 Å². The van der Waals surface area contributed by atoms with E-state index in [2.05, 4.69) is 4.98 Å². The number of sulfonamides is 1. The number of hydrogen-bond donors (Lipinski definition) is 0. The number of hydrogen-bond acceptors (Lipinski definition) is 5. The van der Waals surface area contributed by atoms with Gasteiger partial charge in [0, 0.05) is 32.4 Å². The van der Waals surface area contributed by atoms with Gasteiger partial charge in [-0.2, -0.15) is 9.57 Å². The maximum Gasteiger partial charge on any atom is 0.244 e. The van der Waals surface area contributed by atoms with Crippen molar-refractivity contribution in [1.29, 1.82) is 5.26 Å². The lowest BCUT2D eigenvalue weighted by molar-refractivity contribution is 0.384. The highest BCUT2D eigenvalue weighted by Gasteiger charge is 2.30. The maximum atomic E-state index is 12.8. The maximum absolute atomic E-state index is 12.8. The molecule has 25 heavy (non-hydrogen) atoms. The highest BCUT2D eigenvalue weighted by Crippen LogP contribution is 2.31. The smallest absolute Gasteiger partial charge is 0.244 e. The summed E-state index contributed by atoms with van der Waals surface area (Å²) in [4.78, 5) is 6.24. The minimum Gasteiger partial charge on any atom is -0.354 e. The van der Waals surface area contributed by atoms with Crippen LogP contribution in [0.1, 0.15) is 5.56 Å². The Bertz CT molecular complexity index is 918. The van der Waals surface area contributed by atoms with Gasteiger partial charge in [-0.25, -0.2) is 13.4 Å². The van der Waals surface area contributed by atoms with E-state index in [1.165, 1.54) is 16.6 Å². The van der Waals surface area contributed by atoms with Crippen molar-refractivity contribution in [3.8, 4) is 6.07 Å². The molecular weight excluding hydrogens is 383 g/mol. The molecule has 0 atom stereocenters. The van der Waals surface area contributed by atoms with Gasteiger partial charge < -0.3 is 4.90 Å². The number of aromatic nitrogens is 1. The predicted octanol–water partition coefficient (Wildman–Crippen LogP) is 2.77. The second kappa shape index (κ2) is 7.18. The third-order valence-electron chi connectivity index (χ3n) is 3.97. The van der Waals surface area contributed by atoms with E-state index in [4.69, 9.17) is 28.5 Å². The van der Waals surface area contributed by atoms with E-state index in [-0.39, 0.29) is 14.9 Å². The molecule has 0 amide bonds. The topological polar surface area (TPSA) is 77.3 Å². The molecule has 0 bridgehead atoms. The number of halogens is 2. The lowest BCUT2D eigenvalue weighted by Gasteiger charge is -2.34. The molecule has 0 radical (unpaired) electrons. The number of pyridine rings is 1. The molecule has 1 aliphatic heterocycles. The fourth-order valence-electron chi connectivity index (χ4n) is 2.62. The van der Waals surface area contributed by atoms with Crippen molar-refractivity contribution in [2.45, 2.75) is 4.90 Å². The lowest BCUT2D eigenvalue weighted by atomic mass is 10.3. The first kappa shape index (κ1) is 18.0. The Kier molecular flexibility index (Phi) is 5.16. The van der Waals surface area contributed by atoms with Crippen LogP contribution in [0.2, 0.25) is 10.0 Å². The second-order valence-corrected chi connectivity index (χ2v) is 8.15. The summed E-state index contributed by atoms with van der Waals surface area (Å²) < 4.78 is 27.0. The van der Waals surface area contributed by atoms with E-state index in [9.17, 15) is 8.42 Å². The standard InChI is InChI=1S/C16H14Cl2N4O2S/c17-13-2-1-3-14(16(13)18)25(23,24)22-8-6-21(7-9-22)15-5-4-12(10-19)11-20-15/h1-5,11H,6-9H2. The van der Waals surface area contributed by atoms with Crippen LogP contribution in [0.15, 0.2) is 41.4 Å². The number of benzene rings is 1. The van der Waals surface area contributed by atoms with Gasteiger partial charge in [0.25, 0.3) is 0 Å². The second-order valence-electron chi connectivity index (χ2n) is 5.46. The summed E-state index contributed by atoms with van der Waals surface area (Å²) >= 11 is 12.0. The Morgan fingerprint density at radius 2 is 1.80 bits per heavy atom. The zero-order chi connectivity index (χ0) is 18.0. The predicted molar refractivity (Wildman–Crippen MR) is 96.4 cm³/mol. The van der Waals surface area contributed by atoms with Crippen molar-refractivity contribution in [3.63, 3.8) is 0 Å². The van der Waals surface area contributed by atoms with Gasteiger partial charge in [0.15, 0.2) is 0 Å². The Morgan fingerprint density at radius 1 is 1.08 bits per heavy atom. The van der Waals surface area contributed by atoms with Crippen LogP contribution in [-0.4, -0.2) is 43.9 Å². The molecule has 3 rings (SSSR count). The van der Waals surface area contributed by atoms with E-state index < -0.39 is 10.0 Å². The van der Waals surface area contributed by atoms with Gasteiger partial charge >= 0.3 is 0 Å². The molecule has 1 aromatic carbocycles. The summed E-state index contributed by atoms with van der Waals surface area (Å²) in [5.74, 6) is 0.719. The van der Waals surface area contributed by atoms with Crippen LogP contribution in [0.4, 0.5) is 5.82 Å². The van der Waals surface area contributed by atoms with Crippen LogP contribution in [-0.2, 0) is 10.0 Å². The Morgan fingerprint density at radius 3 is 2.40 bits per heavy atom. The average molecular weight is 397 g/mol. The Balaban J connectivity index is 1.75. The minimum absolute atomic E-state index is 0.0200. The number of nitriles is 1. The zero-order valence-electron chi connectivity index (χ0n) is 13.1. The quantitative estimate of drug-likeness (QED) is 0.796. The molecule has 9 heteroatoms. The van der Waals surface area contributed by atoms with Crippen LogP contribution >= 0.6 is 23.2 Å². The van der Waals surface area contributed by atoms with Gasteiger partial charge in [-0.05, 0) is 24.3 Å². The fourth-order valence-corrected chi connectivity index (χ4v) is 4.78. The molecule has 1 aliphatic rings. The van der Waals surface area contributed by atoms with E-state index in [1.54, 1.807) is 24.3 Å². The van der Waals surface area contributed by atoms with Crippen LogP contribution in [0, 0.1) is 11.3 Å². The van der Waals surface area contributed by atoms with Gasteiger partial charge in [-0.1, -0.05) is 29.3 Å². The van der Waals surface area contributed by atoms with Gasteiger partial charge in [0.05, 0.1) is 15.6 Å². The molecule has 0 unspecified atom stereocenters. The highest BCUT2D eigenvalue weighted by atomic mass is 35.5. The van der Waals surface area contributed by atoms with Crippen molar-refractivity contribution in [2.24, 2.45) is 0 Å². The van der Waals surface area contributed by atoms with Crippen molar-refractivity contribution in [2.75, 3.05) is 31.1 Å². The first-order chi connectivity index (χ1) is 11.9. The summed E-state index contributed by atoms with van der Waals surface area (Å²) in [6.07, 6.45) is 1.50. The largest absolute Gasteiger partial charge is 0.354 e. The summed E-state index contributed by atoms with van der Waals surface area (Å²) in [6, 6.07) is 10.0. The van der Waals surface area contributed by atoms with Gasteiger partial charge in [-0.15, -0.1) is 0 Å². The van der Waals surface area contributed by atoms with Gasteiger partial charge in [-0.3, -0.25) is 0 Å². The van der Waals surface area contributed by atoms with E-state index in [1.807, 2.05) is 11.0 Å². The Labute approximate surface area is 156 Å². The van der Waals surface area contributed by atoms with E-state index >= 15 is 0 Å². The molecule has 130 valence electrons. The zero-order valence-corrected chi connectivity index (χ0v) is 15.4. The van der Waals surface area contributed by atoms with Crippen LogP contribution in [0.5, 0.6) is 0 Å². The van der Waals surface area contributed by atoms with Crippen molar-refractivity contribution in [1.82, 2.24) is 9.29 Å². The van der Waals surface area contributed by atoms with Crippen LogP contribution in [0.3, 0.4) is 0 Å². The molecule has 0 aliphatic carbocycles. The van der Waals surface area contributed by atoms with E-state index in [0.29, 0.717) is 31.7 Å². The highest BCUT2D eigenvalue weighted by molar-refractivity contribution is 7.89. The number of anilines is 1. The van der Waals surface area contributed by atoms with Gasteiger partial charge in [0.2, 0.25) is 10.0 Å². The number of nitrogens with zero attached hydrogens (tertiary/aromatic N) is 4. The van der Waals surface area contributed by atoms with Crippen LogP contribution < -0.4 is 4.90 Å². The van der Waals surface area contributed by atoms with E-state index in [0.717, 1.165) is 5.82 Å². The Hall–Kier alpha value is -1.85. The summed E-state index contributed by atoms with van der Waals surface area (Å²) in [5, 5.41) is 9.07. The molecular formula is C16H14Cl2N4O2S. The molecule has 2 aromatic rings.